The largest absolute Gasteiger partial charge is 0.501 e. The van der Waals surface area contributed by atoms with Crippen molar-refractivity contribution < 1.29 is 15.0 Å². The van der Waals surface area contributed by atoms with Gasteiger partial charge in [0.05, 0.1) is 16.1 Å². The van der Waals surface area contributed by atoms with Crippen LogP contribution in [0.5, 0.6) is 0 Å². The Morgan fingerprint density at radius 3 is 2.24 bits per heavy atom. The van der Waals surface area contributed by atoms with Gasteiger partial charge in [-0.25, -0.2) is 4.98 Å². The smallest absolute Gasteiger partial charge is 0.308 e. The van der Waals surface area contributed by atoms with Crippen LogP contribution in [-0.2, 0) is 10.2 Å². The Morgan fingerprint density at radius 1 is 1.03 bits per heavy atom. The van der Waals surface area contributed by atoms with E-state index in [4.69, 9.17) is 17.2 Å². The second-order valence-corrected chi connectivity index (χ2v) is 10.1. The normalized spacial score (nSPS) is 22.2. The summed E-state index contributed by atoms with van der Waals surface area (Å²) in [5, 5.41) is 22.1. The molecular weight excluding hydrogens is 402 g/mol. The molecule has 0 saturated heterocycles. The summed E-state index contributed by atoms with van der Waals surface area (Å²) in [7, 11) is 0. The van der Waals surface area contributed by atoms with Gasteiger partial charge in [0.2, 0.25) is 0 Å². The number of hydrogen-bond acceptors (Lipinski definition) is 4. The van der Waals surface area contributed by atoms with Gasteiger partial charge in [0.15, 0.2) is 5.05 Å². The van der Waals surface area contributed by atoms with Crippen LogP contribution in [-0.4, -0.2) is 26.2 Å². The Bertz CT molecular complexity index is 850. The first-order valence-corrected chi connectivity index (χ1v) is 12.1. The van der Waals surface area contributed by atoms with Gasteiger partial charge in [-0.05, 0) is 61.9 Å². The van der Waals surface area contributed by atoms with Crippen molar-refractivity contribution in [2.24, 2.45) is 17.8 Å². The van der Waals surface area contributed by atoms with E-state index in [9.17, 15) is 15.0 Å². The topological polar surface area (TPSA) is 70.4 Å². The summed E-state index contributed by atoms with van der Waals surface area (Å²) in [5.41, 5.74) is -0.218. The molecule has 2 N–H and O–H groups in total. The monoisotopic (exact) mass is 431 g/mol. The first-order chi connectivity index (χ1) is 14.0. The Hall–Kier alpha value is -1.53. The van der Waals surface area contributed by atoms with E-state index < -0.39 is 17.3 Å². The minimum absolute atomic E-state index is 0.0253. The van der Waals surface area contributed by atoms with E-state index in [-0.39, 0.29) is 16.9 Å². The number of para-hydroxylation sites is 1. The molecule has 1 aromatic heterocycles. The fourth-order valence-electron chi connectivity index (χ4n) is 5.80. The number of aliphatic carboxylic acids is 1. The second kappa shape index (κ2) is 8.68. The Balaban J connectivity index is 1.92. The maximum atomic E-state index is 12.8. The van der Waals surface area contributed by atoms with E-state index in [1.165, 1.54) is 11.3 Å². The van der Waals surface area contributed by atoms with Crippen LogP contribution in [0.3, 0.4) is 0 Å². The molecule has 2 aromatic rings. The van der Waals surface area contributed by atoms with E-state index in [1.54, 1.807) is 0 Å². The van der Waals surface area contributed by atoms with Crippen molar-refractivity contribution in [3.8, 4) is 0 Å². The summed E-state index contributed by atoms with van der Waals surface area (Å²) in [4.78, 5) is 17.7. The summed E-state index contributed by atoms with van der Waals surface area (Å²) in [5.74, 6) is -1.50. The molecule has 1 aromatic carbocycles. The maximum absolute atomic E-state index is 12.8. The van der Waals surface area contributed by atoms with Crippen molar-refractivity contribution in [2.45, 2.75) is 69.6 Å². The lowest BCUT2D eigenvalue weighted by Gasteiger charge is -2.46. The van der Waals surface area contributed by atoms with E-state index >= 15 is 0 Å². The average molecular weight is 432 g/mol. The molecule has 29 heavy (non-hydrogen) atoms. The zero-order chi connectivity index (χ0) is 20.4. The molecule has 2 saturated carbocycles. The Labute approximate surface area is 181 Å². The lowest BCUT2D eigenvalue weighted by atomic mass is 9.57. The minimum Gasteiger partial charge on any atom is -0.501 e. The predicted molar refractivity (Wildman–Crippen MR) is 121 cm³/mol. The molecule has 2 aliphatic rings. The van der Waals surface area contributed by atoms with Gasteiger partial charge in [-0.3, -0.25) is 4.79 Å². The van der Waals surface area contributed by atoms with Crippen molar-refractivity contribution in [1.82, 2.24) is 4.98 Å². The molecule has 0 radical (unpaired) electrons. The van der Waals surface area contributed by atoms with E-state index in [2.05, 4.69) is 0 Å². The van der Waals surface area contributed by atoms with Gasteiger partial charge in [0.1, 0.15) is 10.4 Å². The first kappa shape index (κ1) is 20.7. The number of hydrogen-bond donors (Lipinski definition) is 2. The molecule has 2 atom stereocenters. The van der Waals surface area contributed by atoms with Gasteiger partial charge >= 0.3 is 5.97 Å². The number of carboxylic acids is 1. The first-order valence-electron chi connectivity index (χ1n) is 10.9. The highest BCUT2D eigenvalue weighted by molar-refractivity contribution is 7.80. The molecule has 2 unspecified atom stereocenters. The quantitative estimate of drug-likeness (QED) is 0.527. The number of thiazole rings is 1. The molecule has 0 spiro atoms. The number of nitrogens with zero attached hydrogens (tertiary/aromatic N) is 1. The number of aliphatic hydroxyl groups excluding tert-OH is 1. The van der Waals surface area contributed by atoms with Gasteiger partial charge in [0.25, 0.3) is 0 Å². The van der Waals surface area contributed by atoms with Crippen LogP contribution in [0.4, 0.5) is 0 Å². The van der Waals surface area contributed by atoms with Gasteiger partial charge in [-0.2, -0.15) is 0 Å². The molecule has 156 valence electrons. The Morgan fingerprint density at radius 2 is 1.66 bits per heavy atom. The van der Waals surface area contributed by atoms with Crippen LogP contribution in [0.25, 0.3) is 10.2 Å². The van der Waals surface area contributed by atoms with E-state index in [1.807, 2.05) is 24.3 Å². The number of aromatic nitrogens is 1. The van der Waals surface area contributed by atoms with Crippen molar-refractivity contribution in [1.29, 1.82) is 0 Å². The van der Waals surface area contributed by atoms with E-state index in [0.29, 0.717) is 5.01 Å². The summed E-state index contributed by atoms with van der Waals surface area (Å²) in [6, 6.07) is 7.89. The molecular formula is C23H29NO3S2. The lowest BCUT2D eigenvalue weighted by Crippen LogP contribution is -2.54. The summed E-state index contributed by atoms with van der Waals surface area (Å²) in [6.45, 7) is 0. The number of rotatable bonds is 6. The number of carbonyl (C=O) groups is 1. The maximum Gasteiger partial charge on any atom is 0.308 e. The van der Waals surface area contributed by atoms with Crippen molar-refractivity contribution in [2.75, 3.05) is 0 Å². The van der Waals surface area contributed by atoms with Crippen LogP contribution in [0, 0.1) is 17.8 Å². The van der Waals surface area contributed by atoms with Crippen LogP contribution < -0.4 is 0 Å². The molecule has 4 nitrogen and oxygen atoms in total. The van der Waals surface area contributed by atoms with Crippen molar-refractivity contribution in [3.05, 3.63) is 29.3 Å². The number of carboxylic acid groups (broad SMARTS) is 1. The van der Waals surface area contributed by atoms with Crippen molar-refractivity contribution in [3.63, 3.8) is 0 Å². The SMILES string of the molecule is O=C(O)C(C1CCCCC1)C(C(O)=S)(c1nc2ccccc2s1)C1CCCCC1. The molecule has 1 heterocycles. The summed E-state index contributed by atoms with van der Waals surface area (Å²) in [6.07, 6.45) is 10.1. The summed E-state index contributed by atoms with van der Waals surface area (Å²) >= 11 is 7.03. The molecule has 2 fully saturated rings. The van der Waals surface area contributed by atoms with Gasteiger partial charge in [-0.1, -0.05) is 50.7 Å². The zero-order valence-corrected chi connectivity index (χ0v) is 18.3. The molecule has 0 bridgehead atoms. The number of aliphatic hydroxyl groups is 1. The van der Waals surface area contributed by atoms with Gasteiger partial charge in [-0.15, -0.1) is 11.3 Å². The highest BCUT2D eigenvalue weighted by atomic mass is 32.1. The standard InChI is InChI=1S/C23H29NO3S2/c25-20(26)19(15-9-3-1-4-10-15)23(22(27)28,16-11-5-2-6-12-16)21-24-17-13-7-8-14-18(17)29-21/h7-8,13-16,19H,1-6,9-12H2,(H,25,26)(H,27,28). The van der Waals surface area contributed by atoms with Crippen molar-refractivity contribution >= 4 is 44.8 Å². The zero-order valence-electron chi connectivity index (χ0n) is 16.7. The molecule has 4 rings (SSSR count). The fraction of sp³-hybridized carbons (Fsp3) is 0.609. The van der Waals surface area contributed by atoms with Crippen LogP contribution in [0.2, 0.25) is 0 Å². The number of benzene rings is 1. The Kier molecular flexibility index (Phi) is 6.21. The molecule has 0 aliphatic heterocycles. The lowest BCUT2D eigenvalue weighted by molar-refractivity contribution is -0.148. The third kappa shape index (κ3) is 3.70. The molecule has 2 aliphatic carbocycles. The average Bonchev–Trinajstić information content (AvgIpc) is 3.17. The third-order valence-corrected chi connectivity index (χ3v) is 8.65. The number of fused-ring (bicyclic) bond motifs is 1. The second-order valence-electron chi connectivity index (χ2n) is 8.71. The molecule has 0 amide bonds. The fourth-order valence-corrected chi connectivity index (χ4v) is 7.53. The number of thiocarbonyl (C=S) groups is 1. The van der Waals surface area contributed by atoms with Crippen LogP contribution >= 0.6 is 23.6 Å². The van der Waals surface area contributed by atoms with E-state index in [0.717, 1.165) is 74.4 Å². The highest BCUT2D eigenvalue weighted by Crippen LogP contribution is 2.53. The predicted octanol–water partition coefficient (Wildman–Crippen LogP) is 6.28. The molecule has 6 heteroatoms. The van der Waals surface area contributed by atoms with Crippen LogP contribution in [0.15, 0.2) is 24.3 Å². The van der Waals surface area contributed by atoms with Gasteiger partial charge in [0, 0.05) is 0 Å². The minimum atomic E-state index is -1.08. The van der Waals surface area contributed by atoms with Gasteiger partial charge < -0.3 is 10.2 Å². The highest BCUT2D eigenvalue weighted by Gasteiger charge is 2.58. The van der Waals surface area contributed by atoms with Crippen LogP contribution in [0.1, 0.15) is 69.2 Å². The third-order valence-electron chi connectivity index (χ3n) is 7.13. The summed E-state index contributed by atoms with van der Waals surface area (Å²) < 4.78 is 1.02.